The number of imidazole rings is 3. The van der Waals surface area contributed by atoms with Crippen molar-refractivity contribution < 1.29 is 13.2 Å². The monoisotopic (exact) mass is 885 g/mol. The fraction of sp³-hybridized carbons (Fsp3) is 0. The van der Waals surface area contributed by atoms with Crippen LogP contribution in [0.4, 0.5) is 18.9 Å². The lowest BCUT2D eigenvalue weighted by molar-refractivity contribution is 0.629. The number of aromatic nitrogens is 6. The molecule has 0 saturated carbocycles. The standard InChI is InChI=1S/C48H21Cl3F3N9/c1-57-27-21-33(51)39(36(54)22-27)48-60-42-44-40(58-46(62(44)29-13-7-3-8-14-29)37-31(49)17-25(23-55)19-34(37)52)43-41(45(42)63(48)30-15-9-4-10-16-30)59-47(61(43)28-11-5-2-6-12-28)38-32(50)18-26(24-56)20-35(38)53/h2-22H. The van der Waals surface area contributed by atoms with Gasteiger partial charge in [-0.2, -0.15) is 10.5 Å². The van der Waals surface area contributed by atoms with E-state index in [-0.39, 0.29) is 99.1 Å². The highest BCUT2D eigenvalue weighted by Crippen LogP contribution is 2.47. The van der Waals surface area contributed by atoms with Crippen LogP contribution in [0.1, 0.15) is 11.1 Å². The molecule has 7 aromatic carbocycles. The molecular formula is C48H21Cl3F3N9. The van der Waals surface area contributed by atoms with Crippen LogP contribution < -0.4 is 0 Å². The van der Waals surface area contributed by atoms with E-state index in [1.807, 2.05) is 12.1 Å². The minimum absolute atomic E-state index is 0.00312. The Hall–Kier alpha value is -7.92. The number of fused-ring (bicyclic) bond motifs is 6. The maximum absolute atomic E-state index is 16.5. The Morgan fingerprint density at radius 3 is 1.08 bits per heavy atom. The minimum atomic E-state index is -0.841. The molecule has 0 aliphatic carbocycles. The Morgan fingerprint density at radius 1 is 0.476 bits per heavy atom. The van der Waals surface area contributed by atoms with Crippen LogP contribution in [0.25, 0.3) is 89.2 Å². The predicted octanol–water partition coefficient (Wildman–Crippen LogP) is 13.4. The number of para-hydroxylation sites is 3. The van der Waals surface area contributed by atoms with Crippen molar-refractivity contribution in [3.63, 3.8) is 0 Å². The van der Waals surface area contributed by atoms with Crippen molar-refractivity contribution in [2.75, 3.05) is 0 Å². The molecule has 0 amide bonds. The van der Waals surface area contributed by atoms with Gasteiger partial charge < -0.3 is 0 Å². The molecule has 0 saturated heterocycles. The lowest BCUT2D eigenvalue weighted by Crippen LogP contribution is -2.01. The lowest BCUT2D eigenvalue weighted by atomic mass is 10.1. The highest BCUT2D eigenvalue weighted by Gasteiger charge is 2.33. The summed E-state index contributed by atoms with van der Waals surface area (Å²) in [6.45, 7) is 7.56. The summed E-state index contributed by atoms with van der Waals surface area (Å²) in [7, 11) is 0. The molecule has 9 nitrogen and oxygen atoms in total. The molecule has 10 rings (SSSR count). The van der Waals surface area contributed by atoms with Gasteiger partial charge in [-0.05, 0) is 72.8 Å². The number of nitrogens with zero attached hydrogens (tertiary/aromatic N) is 9. The Labute approximate surface area is 370 Å². The third-order valence-corrected chi connectivity index (χ3v) is 11.4. The molecule has 0 fully saturated rings. The number of rotatable bonds is 6. The number of hydrogen-bond donors (Lipinski definition) is 0. The van der Waals surface area contributed by atoms with Crippen LogP contribution in [0.2, 0.25) is 15.1 Å². The second-order valence-corrected chi connectivity index (χ2v) is 15.4. The summed E-state index contributed by atoms with van der Waals surface area (Å²) in [6, 6.07) is 37.8. The SMILES string of the molecule is [C-]#[N+]c1cc(F)c(-c2nc3c4c(nc(-c5c(F)cc(C#N)cc5Cl)n4-c4ccccc4)c4c(nc(-c5c(F)cc(C#N)cc5Cl)n4-c4ccccc4)c3n2-c2ccccc2)c(Cl)c1. The van der Waals surface area contributed by atoms with Crippen molar-refractivity contribution in [3.05, 3.63) is 182 Å². The molecule has 3 heterocycles. The van der Waals surface area contributed by atoms with E-state index in [2.05, 4.69) is 4.85 Å². The van der Waals surface area contributed by atoms with E-state index < -0.39 is 17.5 Å². The van der Waals surface area contributed by atoms with E-state index in [4.69, 9.17) is 56.3 Å². The van der Waals surface area contributed by atoms with Crippen LogP contribution in [0.15, 0.2) is 127 Å². The topological polar surface area (TPSA) is 105 Å². The molecule has 0 atom stereocenters. The van der Waals surface area contributed by atoms with Crippen molar-refractivity contribution in [2.45, 2.75) is 0 Å². The van der Waals surface area contributed by atoms with Gasteiger partial charge in [0.2, 0.25) is 0 Å². The zero-order valence-electron chi connectivity index (χ0n) is 31.9. The minimum Gasteiger partial charge on any atom is -0.290 e. The number of halogens is 6. The Kier molecular flexibility index (Phi) is 9.47. The van der Waals surface area contributed by atoms with Crippen molar-refractivity contribution >= 4 is 73.6 Å². The van der Waals surface area contributed by atoms with Crippen LogP contribution in [-0.4, -0.2) is 28.7 Å². The van der Waals surface area contributed by atoms with Gasteiger partial charge in [-0.25, -0.2) is 33.0 Å². The van der Waals surface area contributed by atoms with Gasteiger partial charge in [0, 0.05) is 22.1 Å². The zero-order chi connectivity index (χ0) is 43.7. The highest BCUT2D eigenvalue weighted by atomic mass is 35.5. The molecule has 0 aliphatic heterocycles. The van der Waals surface area contributed by atoms with Gasteiger partial charge in [0.1, 0.15) is 68.0 Å². The summed E-state index contributed by atoms with van der Waals surface area (Å²) >= 11 is 20.6. The van der Waals surface area contributed by atoms with Crippen molar-refractivity contribution in [3.8, 4) is 63.4 Å². The molecule has 63 heavy (non-hydrogen) atoms. The third kappa shape index (κ3) is 6.18. The Balaban J connectivity index is 1.53. The molecule has 0 N–H and O–H groups in total. The molecule has 0 radical (unpaired) electrons. The van der Waals surface area contributed by atoms with Gasteiger partial charge in [0.25, 0.3) is 0 Å². The van der Waals surface area contributed by atoms with Gasteiger partial charge in [-0.1, -0.05) is 89.4 Å². The van der Waals surface area contributed by atoms with Gasteiger partial charge in [-0.15, -0.1) is 0 Å². The fourth-order valence-corrected chi connectivity index (χ4v) is 8.81. The average Bonchev–Trinajstić information content (AvgIpc) is 3.99. The molecule has 0 spiro atoms. The van der Waals surface area contributed by atoms with E-state index in [1.54, 1.807) is 105 Å². The van der Waals surface area contributed by atoms with E-state index in [9.17, 15) is 10.5 Å². The quantitative estimate of drug-likeness (QED) is 0.155. The molecule has 15 heteroatoms. The van der Waals surface area contributed by atoms with Crippen LogP contribution in [0, 0.1) is 46.7 Å². The molecule has 0 aliphatic rings. The summed E-state index contributed by atoms with van der Waals surface area (Å²) < 4.78 is 54.6. The first-order valence-electron chi connectivity index (χ1n) is 18.8. The number of benzene rings is 7. The highest BCUT2D eigenvalue weighted by molar-refractivity contribution is 6.35. The summed E-state index contributed by atoms with van der Waals surface area (Å²) in [5.74, 6) is -2.50. The van der Waals surface area contributed by atoms with Gasteiger partial charge in [-0.3, -0.25) is 13.7 Å². The van der Waals surface area contributed by atoms with E-state index >= 15 is 13.2 Å². The zero-order valence-corrected chi connectivity index (χ0v) is 34.2. The van der Waals surface area contributed by atoms with Crippen LogP contribution in [0.3, 0.4) is 0 Å². The van der Waals surface area contributed by atoms with Crippen LogP contribution in [-0.2, 0) is 0 Å². The summed E-state index contributed by atoms with van der Waals surface area (Å²) in [5.41, 5.74) is 2.36. The first-order chi connectivity index (χ1) is 30.6. The van der Waals surface area contributed by atoms with Gasteiger partial charge in [0.15, 0.2) is 5.69 Å². The molecule has 3 aromatic heterocycles. The Bertz CT molecular complexity index is 3190. The summed E-state index contributed by atoms with van der Waals surface area (Å²) in [6.07, 6.45) is 0. The van der Waals surface area contributed by atoms with Crippen LogP contribution in [0.5, 0.6) is 0 Å². The fourth-order valence-electron chi connectivity index (χ4n) is 7.94. The molecular weight excluding hydrogens is 866 g/mol. The molecule has 10 aromatic rings. The van der Waals surface area contributed by atoms with Crippen LogP contribution >= 0.6 is 34.8 Å². The number of nitriles is 2. The van der Waals surface area contributed by atoms with Crippen molar-refractivity contribution in [1.29, 1.82) is 10.5 Å². The second-order valence-electron chi connectivity index (χ2n) is 14.2. The third-order valence-electron chi connectivity index (χ3n) is 10.5. The predicted molar refractivity (Wildman–Crippen MR) is 237 cm³/mol. The van der Waals surface area contributed by atoms with Crippen molar-refractivity contribution in [1.82, 2.24) is 28.7 Å². The molecule has 300 valence electrons. The summed E-state index contributed by atoms with van der Waals surface area (Å²) in [5, 5.41) is 19.1. The van der Waals surface area contributed by atoms with E-state index in [1.165, 1.54) is 18.2 Å². The van der Waals surface area contributed by atoms with E-state index in [0.717, 1.165) is 18.2 Å². The van der Waals surface area contributed by atoms with E-state index in [0.29, 0.717) is 17.1 Å². The van der Waals surface area contributed by atoms with Gasteiger partial charge >= 0.3 is 0 Å². The second kappa shape index (κ2) is 15.2. The first kappa shape index (κ1) is 39.2. The summed E-state index contributed by atoms with van der Waals surface area (Å²) in [4.78, 5) is 18.9. The largest absolute Gasteiger partial charge is 0.290 e. The number of hydrogen-bond acceptors (Lipinski definition) is 5. The smallest absolute Gasteiger partial charge is 0.191 e. The maximum Gasteiger partial charge on any atom is 0.191 e. The maximum atomic E-state index is 16.5. The average molecular weight is 887 g/mol. The molecule has 0 unspecified atom stereocenters. The molecule has 0 bridgehead atoms. The van der Waals surface area contributed by atoms with Gasteiger partial charge in [0.05, 0.1) is 56.6 Å². The van der Waals surface area contributed by atoms with Crippen molar-refractivity contribution in [2.24, 2.45) is 0 Å². The lowest BCUT2D eigenvalue weighted by Gasteiger charge is -2.13. The normalized spacial score (nSPS) is 11.3. The Morgan fingerprint density at radius 2 is 0.794 bits per heavy atom. The first-order valence-corrected chi connectivity index (χ1v) is 20.0.